The highest BCUT2D eigenvalue weighted by atomic mass is 19.1. The minimum Gasteiger partial charge on any atom is -0.491 e. The fourth-order valence-electron chi connectivity index (χ4n) is 1.89. The number of carbonyl (C=O) groups excluding carboxylic acids is 1. The van der Waals surface area contributed by atoms with E-state index in [1.165, 1.54) is 6.07 Å². The number of methoxy groups -OCH3 is 1. The van der Waals surface area contributed by atoms with Crippen molar-refractivity contribution in [2.75, 3.05) is 25.6 Å². The van der Waals surface area contributed by atoms with Gasteiger partial charge in [-0.2, -0.15) is 0 Å². The number of halogens is 2. The standard InChI is InChI=1S/C18H17F2NO3/c1-23-11-12-24-14-7-5-13(6-8-14)21-18(22)10-9-15-16(19)3-2-4-17(15)20/h2-10H,11-12H2,1H3,(H,21,22)/b10-9+. The monoisotopic (exact) mass is 333 g/mol. The Kier molecular flexibility index (Phi) is 6.45. The van der Waals surface area contributed by atoms with E-state index < -0.39 is 17.5 Å². The maximum atomic E-state index is 13.5. The molecule has 0 heterocycles. The van der Waals surface area contributed by atoms with Crippen molar-refractivity contribution >= 4 is 17.7 Å². The normalized spacial score (nSPS) is 10.8. The molecule has 0 spiro atoms. The van der Waals surface area contributed by atoms with E-state index >= 15 is 0 Å². The van der Waals surface area contributed by atoms with E-state index in [1.54, 1.807) is 31.4 Å². The molecule has 4 nitrogen and oxygen atoms in total. The summed E-state index contributed by atoms with van der Waals surface area (Å²) >= 11 is 0. The molecule has 0 aromatic heterocycles. The molecule has 0 aliphatic rings. The van der Waals surface area contributed by atoms with Crippen molar-refractivity contribution in [3.63, 3.8) is 0 Å². The maximum Gasteiger partial charge on any atom is 0.248 e. The maximum absolute atomic E-state index is 13.5. The van der Waals surface area contributed by atoms with Crippen LogP contribution in [0.4, 0.5) is 14.5 Å². The SMILES string of the molecule is COCCOc1ccc(NC(=O)/C=C/c2c(F)cccc2F)cc1. The Morgan fingerprint density at radius 2 is 1.75 bits per heavy atom. The smallest absolute Gasteiger partial charge is 0.248 e. The molecule has 1 amide bonds. The van der Waals surface area contributed by atoms with Crippen LogP contribution in [0.5, 0.6) is 5.75 Å². The van der Waals surface area contributed by atoms with Crippen molar-refractivity contribution in [2.24, 2.45) is 0 Å². The first-order valence-electron chi connectivity index (χ1n) is 7.25. The van der Waals surface area contributed by atoms with Crippen LogP contribution in [0.1, 0.15) is 5.56 Å². The van der Waals surface area contributed by atoms with Gasteiger partial charge < -0.3 is 14.8 Å². The van der Waals surface area contributed by atoms with E-state index in [2.05, 4.69) is 5.32 Å². The molecule has 0 bridgehead atoms. The van der Waals surface area contributed by atoms with Gasteiger partial charge in [0.1, 0.15) is 24.0 Å². The third kappa shape index (κ3) is 5.17. The van der Waals surface area contributed by atoms with Gasteiger partial charge in [0.15, 0.2) is 0 Å². The van der Waals surface area contributed by atoms with Crippen LogP contribution >= 0.6 is 0 Å². The van der Waals surface area contributed by atoms with Crippen LogP contribution in [0.15, 0.2) is 48.5 Å². The van der Waals surface area contributed by atoms with Crippen LogP contribution in [-0.2, 0) is 9.53 Å². The third-order valence-electron chi connectivity index (χ3n) is 3.08. The van der Waals surface area contributed by atoms with Crippen molar-refractivity contribution < 1.29 is 23.0 Å². The summed E-state index contributed by atoms with van der Waals surface area (Å²) in [5, 5.41) is 2.59. The second-order valence-electron chi connectivity index (χ2n) is 4.82. The van der Waals surface area contributed by atoms with Gasteiger partial charge in [0.05, 0.1) is 6.61 Å². The highest BCUT2D eigenvalue weighted by Gasteiger charge is 2.05. The first-order valence-corrected chi connectivity index (χ1v) is 7.25. The van der Waals surface area contributed by atoms with Crippen LogP contribution < -0.4 is 10.1 Å². The molecule has 0 unspecified atom stereocenters. The number of carbonyl (C=O) groups is 1. The number of hydrogen-bond acceptors (Lipinski definition) is 3. The molecule has 0 fully saturated rings. The van der Waals surface area contributed by atoms with Crippen molar-refractivity contribution in [1.29, 1.82) is 0 Å². The Balaban J connectivity index is 1.93. The average molecular weight is 333 g/mol. The van der Waals surface area contributed by atoms with Crippen molar-refractivity contribution in [1.82, 2.24) is 0 Å². The number of benzene rings is 2. The summed E-state index contributed by atoms with van der Waals surface area (Å²) in [5.74, 6) is -1.30. The van der Waals surface area contributed by atoms with E-state index in [4.69, 9.17) is 9.47 Å². The van der Waals surface area contributed by atoms with E-state index in [0.717, 1.165) is 24.3 Å². The number of ether oxygens (including phenoxy) is 2. The largest absolute Gasteiger partial charge is 0.491 e. The van der Waals surface area contributed by atoms with Gasteiger partial charge in [-0.1, -0.05) is 6.07 Å². The summed E-state index contributed by atoms with van der Waals surface area (Å²) in [6.07, 6.45) is 2.17. The van der Waals surface area contributed by atoms with E-state index in [9.17, 15) is 13.6 Å². The third-order valence-corrected chi connectivity index (χ3v) is 3.08. The first kappa shape index (κ1) is 17.6. The second-order valence-corrected chi connectivity index (χ2v) is 4.82. The minimum absolute atomic E-state index is 0.255. The summed E-state index contributed by atoms with van der Waals surface area (Å²) in [6, 6.07) is 10.2. The fraction of sp³-hybridized carbons (Fsp3) is 0.167. The van der Waals surface area contributed by atoms with Gasteiger partial charge in [-0.3, -0.25) is 4.79 Å². The Labute approximate surface area is 138 Å². The van der Waals surface area contributed by atoms with Crippen LogP contribution in [-0.4, -0.2) is 26.2 Å². The lowest BCUT2D eigenvalue weighted by atomic mass is 10.2. The van der Waals surface area contributed by atoms with E-state index in [1.807, 2.05) is 0 Å². The summed E-state index contributed by atoms with van der Waals surface area (Å²) in [5.41, 5.74) is 0.285. The Bertz CT molecular complexity index is 694. The second kappa shape index (κ2) is 8.79. The highest BCUT2D eigenvalue weighted by Crippen LogP contribution is 2.16. The molecule has 0 saturated heterocycles. The van der Waals surface area contributed by atoms with Crippen molar-refractivity contribution in [3.8, 4) is 5.75 Å². The van der Waals surface area contributed by atoms with Gasteiger partial charge in [0, 0.05) is 24.4 Å². The lowest BCUT2D eigenvalue weighted by molar-refractivity contribution is -0.111. The van der Waals surface area contributed by atoms with Gasteiger partial charge in [-0.25, -0.2) is 8.78 Å². The molecule has 0 saturated carbocycles. The predicted octanol–water partition coefficient (Wildman–Crippen LogP) is 3.64. The molecule has 0 aliphatic heterocycles. The summed E-state index contributed by atoms with van der Waals surface area (Å²) in [7, 11) is 1.59. The number of amides is 1. The Hall–Kier alpha value is -2.73. The van der Waals surface area contributed by atoms with Crippen LogP contribution in [0.25, 0.3) is 6.08 Å². The zero-order valence-corrected chi connectivity index (χ0v) is 13.1. The molecule has 0 radical (unpaired) electrons. The van der Waals surface area contributed by atoms with Crippen LogP contribution in [0.2, 0.25) is 0 Å². The zero-order valence-electron chi connectivity index (χ0n) is 13.1. The van der Waals surface area contributed by atoms with Gasteiger partial charge >= 0.3 is 0 Å². The molecular weight excluding hydrogens is 316 g/mol. The van der Waals surface area contributed by atoms with E-state index in [0.29, 0.717) is 24.7 Å². The van der Waals surface area contributed by atoms with Crippen LogP contribution in [0.3, 0.4) is 0 Å². The molecule has 2 aromatic carbocycles. The minimum atomic E-state index is -0.725. The molecule has 2 rings (SSSR count). The van der Waals surface area contributed by atoms with Gasteiger partial charge in [-0.15, -0.1) is 0 Å². The van der Waals surface area contributed by atoms with Crippen molar-refractivity contribution in [3.05, 3.63) is 65.7 Å². The van der Waals surface area contributed by atoms with Gasteiger partial charge in [-0.05, 0) is 42.5 Å². The molecule has 2 aromatic rings. The predicted molar refractivity (Wildman–Crippen MR) is 87.8 cm³/mol. The first-order chi connectivity index (χ1) is 11.6. The quantitative estimate of drug-likeness (QED) is 0.622. The lowest BCUT2D eigenvalue weighted by Crippen LogP contribution is -2.08. The topological polar surface area (TPSA) is 47.6 Å². The molecular formula is C18H17F2NO3. The summed E-state index contributed by atoms with van der Waals surface area (Å²) in [6.45, 7) is 0.912. The van der Waals surface area contributed by atoms with E-state index in [-0.39, 0.29) is 5.56 Å². The number of hydrogen-bond donors (Lipinski definition) is 1. The van der Waals surface area contributed by atoms with Gasteiger partial charge in [0.25, 0.3) is 0 Å². The molecule has 126 valence electrons. The number of anilines is 1. The molecule has 1 N–H and O–H groups in total. The molecule has 0 aliphatic carbocycles. The van der Waals surface area contributed by atoms with Gasteiger partial charge in [0.2, 0.25) is 5.91 Å². The molecule has 24 heavy (non-hydrogen) atoms. The Morgan fingerprint density at radius 3 is 2.38 bits per heavy atom. The number of rotatable bonds is 7. The van der Waals surface area contributed by atoms with Crippen LogP contribution in [0, 0.1) is 11.6 Å². The zero-order chi connectivity index (χ0) is 17.4. The summed E-state index contributed by atoms with van der Waals surface area (Å²) in [4.78, 5) is 11.8. The Morgan fingerprint density at radius 1 is 1.08 bits per heavy atom. The molecule has 6 heteroatoms. The fourth-order valence-corrected chi connectivity index (χ4v) is 1.89. The number of nitrogens with one attached hydrogen (secondary N) is 1. The lowest BCUT2D eigenvalue weighted by Gasteiger charge is -2.07. The van der Waals surface area contributed by atoms with Crippen molar-refractivity contribution in [2.45, 2.75) is 0 Å². The summed E-state index contributed by atoms with van der Waals surface area (Å²) < 4.78 is 37.2. The molecule has 0 atom stereocenters. The highest BCUT2D eigenvalue weighted by molar-refractivity contribution is 6.01. The average Bonchev–Trinajstić information content (AvgIpc) is 2.56.